The average molecular weight is 370 g/mol. The van der Waals surface area contributed by atoms with Crippen LogP contribution in [-0.4, -0.2) is 51.9 Å². The van der Waals surface area contributed by atoms with Crippen molar-refractivity contribution in [2.75, 3.05) is 13.7 Å². The van der Waals surface area contributed by atoms with Crippen molar-refractivity contribution in [3.63, 3.8) is 0 Å². The predicted octanol–water partition coefficient (Wildman–Crippen LogP) is 1.99. The van der Waals surface area contributed by atoms with Gasteiger partial charge in [-0.15, -0.1) is 0 Å². The number of methoxy groups -OCH3 is 1. The van der Waals surface area contributed by atoms with Gasteiger partial charge in [-0.3, -0.25) is 9.59 Å². The molecule has 2 aromatic rings. The largest absolute Gasteiger partial charge is 0.393 e. The Morgan fingerprint density at radius 1 is 1.33 bits per heavy atom. The first-order chi connectivity index (χ1) is 12.9. The third-order valence-corrected chi connectivity index (χ3v) is 6.40. The first kappa shape index (κ1) is 18.2. The van der Waals surface area contributed by atoms with E-state index < -0.39 is 11.7 Å². The molecule has 1 saturated heterocycles. The number of likely N-dealkylation sites (tertiary alicyclic amines) is 1. The molecule has 2 fully saturated rings. The van der Waals surface area contributed by atoms with Gasteiger partial charge < -0.3 is 19.3 Å². The molecule has 1 aliphatic heterocycles. The van der Waals surface area contributed by atoms with Gasteiger partial charge in [-0.05, 0) is 44.7 Å². The van der Waals surface area contributed by atoms with E-state index >= 15 is 0 Å². The number of aromatic nitrogens is 1. The molecule has 1 aromatic heterocycles. The van der Waals surface area contributed by atoms with Gasteiger partial charge in [0.15, 0.2) is 0 Å². The Hall–Kier alpha value is -2.18. The standard InChI is InChI=1S/C21H26N2O4/c1-13-4-5-17-15(10-13)19(25)16(12-22(17)2)20(26)23-9-8-21(27-3)7-6-14(24)11-18(21)23/h4-5,10,12,14,18,24H,6-9,11H2,1-3H3/t14-,18+,21-/m1/s1. The molecule has 27 heavy (non-hydrogen) atoms. The second-order valence-electron chi connectivity index (χ2n) is 7.96. The summed E-state index contributed by atoms with van der Waals surface area (Å²) in [5.41, 5.74) is 1.33. The summed E-state index contributed by atoms with van der Waals surface area (Å²) in [6.07, 6.45) is 3.84. The molecule has 1 aromatic carbocycles. The van der Waals surface area contributed by atoms with Crippen molar-refractivity contribution in [2.45, 2.75) is 50.4 Å². The quantitative estimate of drug-likeness (QED) is 0.878. The number of nitrogens with zero attached hydrogens (tertiary/aromatic N) is 2. The monoisotopic (exact) mass is 370 g/mol. The summed E-state index contributed by atoms with van der Waals surface area (Å²) in [5.74, 6) is -0.267. The second-order valence-corrected chi connectivity index (χ2v) is 7.96. The van der Waals surface area contributed by atoms with E-state index in [1.54, 1.807) is 18.2 Å². The van der Waals surface area contributed by atoms with E-state index in [-0.39, 0.29) is 22.9 Å². The van der Waals surface area contributed by atoms with Crippen LogP contribution in [0, 0.1) is 6.92 Å². The lowest BCUT2D eigenvalue weighted by atomic mass is 9.79. The highest BCUT2D eigenvalue weighted by atomic mass is 16.5. The summed E-state index contributed by atoms with van der Waals surface area (Å²) in [5, 5.41) is 10.7. The van der Waals surface area contributed by atoms with Crippen LogP contribution in [0.25, 0.3) is 10.9 Å². The molecule has 4 rings (SSSR count). The van der Waals surface area contributed by atoms with Gasteiger partial charge in [-0.2, -0.15) is 0 Å². The fourth-order valence-electron chi connectivity index (χ4n) is 4.83. The van der Waals surface area contributed by atoms with Crippen LogP contribution in [0.15, 0.2) is 29.2 Å². The van der Waals surface area contributed by atoms with Crippen molar-refractivity contribution >= 4 is 16.8 Å². The fraction of sp³-hybridized carbons (Fsp3) is 0.524. The summed E-state index contributed by atoms with van der Waals surface area (Å²) in [4.78, 5) is 28.1. The lowest BCUT2D eigenvalue weighted by Gasteiger charge is -2.42. The van der Waals surface area contributed by atoms with Crippen molar-refractivity contribution in [1.29, 1.82) is 0 Å². The average Bonchev–Trinajstić information content (AvgIpc) is 3.03. The minimum Gasteiger partial charge on any atom is -0.393 e. The number of fused-ring (bicyclic) bond motifs is 2. The lowest BCUT2D eigenvalue weighted by molar-refractivity contribution is -0.0824. The maximum absolute atomic E-state index is 13.3. The molecule has 3 atom stereocenters. The number of aliphatic hydroxyl groups is 1. The summed E-state index contributed by atoms with van der Waals surface area (Å²) < 4.78 is 7.65. The van der Waals surface area contributed by atoms with Gasteiger partial charge in [0.05, 0.1) is 23.3 Å². The van der Waals surface area contributed by atoms with Crippen molar-refractivity contribution in [3.8, 4) is 0 Å². The van der Waals surface area contributed by atoms with Gasteiger partial charge in [0.2, 0.25) is 5.43 Å². The molecule has 144 valence electrons. The third kappa shape index (κ3) is 2.78. The zero-order chi connectivity index (χ0) is 19.3. The molecule has 1 N–H and O–H groups in total. The number of hydrogen-bond donors (Lipinski definition) is 1. The number of aliphatic hydroxyl groups excluding tert-OH is 1. The minimum atomic E-state index is -0.436. The SMILES string of the molecule is CO[C@@]12CC[C@@H](O)C[C@@H]1N(C(=O)c1cn(C)c3ccc(C)cc3c1=O)CC2. The molecule has 6 heteroatoms. The van der Waals surface area contributed by atoms with Gasteiger partial charge in [0.1, 0.15) is 5.56 Å². The normalized spacial score (nSPS) is 27.8. The van der Waals surface area contributed by atoms with E-state index in [1.165, 1.54) is 0 Å². The fourth-order valence-corrected chi connectivity index (χ4v) is 4.83. The van der Waals surface area contributed by atoms with Gasteiger partial charge in [0, 0.05) is 32.3 Å². The van der Waals surface area contributed by atoms with Crippen LogP contribution in [-0.2, 0) is 11.8 Å². The van der Waals surface area contributed by atoms with Crippen LogP contribution < -0.4 is 5.43 Å². The molecule has 6 nitrogen and oxygen atoms in total. The minimum absolute atomic E-state index is 0.183. The molecule has 2 heterocycles. The molecule has 1 amide bonds. The van der Waals surface area contributed by atoms with E-state index in [4.69, 9.17) is 4.74 Å². The van der Waals surface area contributed by atoms with Crippen LogP contribution in [0.2, 0.25) is 0 Å². The van der Waals surface area contributed by atoms with Crippen molar-refractivity contribution in [1.82, 2.24) is 9.47 Å². The van der Waals surface area contributed by atoms with Gasteiger partial charge in [-0.25, -0.2) is 0 Å². The maximum atomic E-state index is 13.3. The van der Waals surface area contributed by atoms with E-state index in [0.717, 1.165) is 23.9 Å². The number of aryl methyl sites for hydroxylation is 2. The highest BCUT2D eigenvalue weighted by Gasteiger charge is 2.52. The highest BCUT2D eigenvalue weighted by molar-refractivity contribution is 5.97. The van der Waals surface area contributed by atoms with Crippen LogP contribution in [0.4, 0.5) is 0 Å². The molecule has 0 radical (unpaired) electrons. The van der Waals surface area contributed by atoms with Gasteiger partial charge in [-0.1, -0.05) is 11.6 Å². The number of pyridine rings is 1. The highest BCUT2D eigenvalue weighted by Crippen LogP contribution is 2.42. The first-order valence-corrected chi connectivity index (χ1v) is 9.50. The smallest absolute Gasteiger partial charge is 0.259 e. The Bertz CT molecular complexity index is 967. The summed E-state index contributed by atoms with van der Waals surface area (Å²) >= 11 is 0. The number of carbonyl (C=O) groups excluding carboxylic acids is 1. The third-order valence-electron chi connectivity index (χ3n) is 6.40. The Balaban J connectivity index is 1.77. The Kier molecular flexibility index (Phi) is 4.35. The predicted molar refractivity (Wildman–Crippen MR) is 103 cm³/mol. The van der Waals surface area contributed by atoms with Crippen LogP contribution in [0.3, 0.4) is 0 Å². The molecule has 2 aliphatic rings. The number of carbonyl (C=O) groups is 1. The number of hydrogen-bond acceptors (Lipinski definition) is 4. The molecular weight excluding hydrogens is 344 g/mol. The molecular formula is C21H26N2O4. The van der Waals surface area contributed by atoms with Gasteiger partial charge >= 0.3 is 0 Å². The lowest BCUT2D eigenvalue weighted by Crippen LogP contribution is -2.53. The first-order valence-electron chi connectivity index (χ1n) is 9.50. The Morgan fingerprint density at radius 3 is 2.85 bits per heavy atom. The van der Waals surface area contributed by atoms with Crippen molar-refractivity contribution in [3.05, 3.63) is 45.7 Å². The van der Waals surface area contributed by atoms with E-state index in [2.05, 4.69) is 0 Å². The number of rotatable bonds is 2. The molecule has 0 unspecified atom stereocenters. The molecule has 1 saturated carbocycles. The summed E-state index contributed by atoms with van der Waals surface area (Å²) in [6, 6.07) is 5.50. The van der Waals surface area contributed by atoms with Crippen molar-refractivity contribution < 1.29 is 14.6 Å². The van der Waals surface area contributed by atoms with E-state index in [9.17, 15) is 14.7 Å². The topological polar surface area (TPSA) is 71.8 Å². The van der Waals surface area contributed by atoms with Crippen LogP contribution >= 0.6 is 0 Å². The van der Waals surface area contributed by atoms with Crippen LogP contribution in [0.1, 0.15) is 41.6 Å². The Labute approximate surface area is 158 Å². The van der Waals surface area contributed by atoms with Gasteiger partial charge in [0.25, 0.3) is 5.91 Å². The number of amides is 1. The molecule has 0 bridgehead atoms. The summed E-state index contributed by atoms with van der Waals surface area (Å²) in [7, 11) is 3.53. The van der Waals surface area contributed by atoms with Crippen molar-refractivity contribution in [2.24, 2.45) is 7.05 Å². The van der Waals surface area contributed by atoms with E-state index in [1.807, 2.05) is 36.7 Å². The molecule has 1 aliphatic carbocycles. The number of ether oxygens (including phenoxy) is 1. The zero-order valence-electron chi connectivity index (χ0n) is 16.1. The maximum Gasteiger partial charge on any atom is 0.259 e. The Morgan fingerprint density at radius 2 is 2.11 bits per heavy atom. The molecule has 0 spiro atoms. The summed E-state index contributed by atoms with van der Waals surface area (Å²) in [6.45, 7) is 2.48. The zero-order valence-corrected chi connectivity index (χ0v) is 16.1. The van der Waals surface area contributed by atoms with Crippen LogP contribution in [0.5, 0.6) is 0 Å². The second kappa shape index (κ2) is 6.46. The number of benzene rings is 1. The van der Waals surface area contributed by atoms with E-state index in [0.29, 0.717) is 24.8 Å².